The first kappa shape index (κ1) is 20.2. The summed E-state index contributed by atoms with van der Waals surface area (Å²) in [6.45, 7) is 2.85. The van der Waals surface area contributed by atoms with Gasteiger partial charge in [-0.3, -0.25) is 14.4 Å². The van der Waals surface area contributed by atoms with Crippen LogP contribution in [0.5, 0.6) is 0 Å². The number of rotatable bonds is 6. The number of benzene rings is 1. The van der Waals surface area contributed by atoms with Gasteiger partial charge in [0.15, 0.2) is 0 Å². The van der Waals surface area contributed by atoms with Crippen LogP contribution in [-0.4, -0.2) is 60.2 Å². The van der Waals surface area contributed by atoms with E-state index in [0.29, 0.717) is 31.1 Å². The summed E-state index contributed by atoms with van der Waals surface area (Å²) in [5, 5.41) is 3.81. The van der Waals surface area contributed by atoms with Crippen molar-refractivity contribution in [3.8, 4) is 0 Å². The van der Waals surface area contributed by atoms with Gasteiger partial charge in [-0.25, -0.2) is 0 Å². The van der Waals surface area contributed by atoms with Crippen LogP contribution in [0.15, 0.2) is 24.3 Å². The fourth-order valence-corrected chi connectivity index (χ4v) is 4.67. The van der Waals surface area contributed by atoms with Crippen LogP contribution in [-0.2, 0) is 19.8 Å². The lowest BCUT2D eigenvalue weighted by molar-refractivity contribution is -0.139. The second-order valence-corrected chi connectivity index (χ2v) is 9.00. The van der Waals surface area contributed by atoms with Crippen molar-refractivity contribution in [2.45, 2.75) is 43.9 Å². The molecule has 3 aliphatic rings. The van der Waals surface area contributed by atoms with Gasteiger partial charge in [-0.2, -0.15) is 0 Å². The van der Waals surface area contributed by atoms with Crippen LogP contribution in [0.2, 0.25) is 5.02 Å². The van der Waals surface area contributed by atoms with E-state index >= 15 is 0 Å². The number of halogens is 1. The highest BCUT2D eigenvalue weighted by Crippen LogP contribution is 2.48. The number of piperidine rings is 1. The number of amides is 3. The molecule has 1 atom stereocenters. The Morgan fingerprint density at radius 3 is 2.55 bits per heavy atom. The third-order valence-corrected chi connectivity index (χ3v) is 6.75. The highest BCUT2D eigenvalue weighted by molar-refractivity contribution is 6.30. The smallest absolute Gasteiger partial charge is 0.242 e. The molecule has 0 bridgehead atoms. The number of hydrogen-bond acceptors (Lipinski definition) is 3. The van der Waals surface area contributed by atoms with Gasteiger partial charge >= 0.3 is 0 Å². The molecule has 1 N–H and O–H groups in total. The molecule has 1 aliphatic carbocycles. The molecule has 1 aromatic rings. The quantitative estimate of drug-likeness (QED) is 0.772. The number of carbonyl (C=O) groups is 3. The van der Waals surface area contributed by atoms with E-state index in [1.54, 1.807) is 4.90 Å². The molecule has 29 heavy (non-hydrogen) atoms. The maximum atomic E-state index is 12.9. The molecule has 0 aromatic heterocycles. The van der Waals surface area contributed by atoms with E-state index in [4.69, 9.17) is 11.6 Å². The van der Waals surface area contributed by atoms with E-state index in [1.165, 1.54) is 0 Å². The Bertz CT molecular complexity index is 791. The largest absolute Gasteiger partial charge is 0.355 e. The van der Waals surface area contributed by atoms with Gasteiger partial charge in [0.05, 0.1) is 12.0 Å². The van der Waals surface area contributed by atoms with Crippen molar-refractivity contribution < 1.29 is 14.4 Å². The van der Waals surface area contributed by atoms with Crippen LogP contribution in [0, 0.1) is 5.92 Å². The minimum Gasteiger partial charge on any atom is -0.355 e. The van der Waals surface area contributed by atoms with Crippen molar-refractivity contribution in [1.82, 2.24) is 15.1 Å². The summed E-state index contributed by atoms with van der Waals surface area (Å²) in [6.07, 6.45) is 5.05. The van der Waals surface area contributed by atoms with Crippen molar-refractivity contribution in [1.29, 1.82) is 0 Å². The first-order valence-electron chi connectivity index (χ1n) is 10.6. The van der Waals surface area contributed by atoms with Gasteiger partial charge in [0, 0.05) is 37.6 Å². The monoisotopic (exact) mass is 417 g/mol. The number of likely N-dealkylation sites (tertiary alicyclic amines) is 2. The van der Waals surface area contributed by atoms with Crippen LogP contribution in [0.4, 0.5) is 0 Å². The van der Waals surface area contributed by atoms with E-state index in [-0.39, 0.29) is 30.2 Å². The molecule has 7 heteroatoms. The predicted molar refractivity (Wildman–Crippen MR) is 110 cm³/mol. The van der Waals surface area contributed by atoms with Crippen LogP contribution in [0.25, 0.3) is 0 Å². The van der Waals surface area contributed by atoms with Gasteiger partial charge in [-0.05, 0) is 55.7 Å². The van der Waals surface area contributed by atoms with Crippen LogP contribution in [0.3, 0.4) is 0 Å². The molecule has 1 saturated carbocycles. The summed E-state index contributed by atoms with van der Waals surface area (Å²) in [5.41, 5.74) is 0.611. The normalized spacial score (nSPS) is 23.2. The molecule has 1 aromatic carbocycles. The topological polar surface area (TPSA) is 69.7 Å². The Kier molecular flexibility index (Phi) is 5.81. The first-order chi connectivity index (χ1) is 14.0. The lowest BCUT2D eigenvalue weighted by Crippen LogP contribution is -2.48. The summed E-state index contributed by atoms with van der Waals surface area (Å²) < 4.78 is 0. The minimum absolute atomic E-state index is 0.0242. The van der Waals surface area contributed by atoms with E-state index in [2.05, 4.69) is 5.32 Å². The molecular weight excluding hydrogens is 390 g/mol. The van der Waals surface area contributed by atoms with Crippen molar-refractivity contribution in [2.24, 2.45) is 5.92 Å². The maximum absolute atomic E-state index is 12.9. The average Bonchev–Trinajstić information content (AvgIpc) is 3.45. The molecule has 2 saturated heterocycles. The lowest BCUT2D eigenvalue weighted by Gasteiger charge is -2.34. The lowest BCUT2D eigenvalue weighted by atomic mass is 9.93. The van der Waals surface area contributed by atoms with E-state index in [1.807, 2.05) is 29.2 Å². The SMILES string of the molecule is O=C1CCCN1CC(=O)N1CCC[C@H](CNC(=O)C2(c3ccc(Cl)cc3)CC2)C1. The molecule has 2 aliphatic heterocycles. The third kappa shape index (κ3) is 4.42. The minimum atomic E-state index is -0.412. The molecule has 0 unspecified atom stereocenters. The number of nitrogens with one attached hydrogen (secondary N) is 1. The predicted octanol–water partition coefficient (Wildman–Crippen LogP) is 2.35. The Labute approximate surface area is 176 Å². The number of hydrogen-bond donors (Lipinski definition) is 1. The van der Waals surface area contributed by atoms with Gasteiger partial charge in [0.25, 0.3) is 0 Å². The van der Waals surface area contributed by atoms with Gasteiger partial charge in [-0.15, -0.1) is 0 Å². The van der Waals surface area contributed by atoms with Crippen molar-refractivity contribution in [3.63, 3.8) is 0 Å². The summed E-state index contributed by atoms with van der Waals surface area (Å²) >= 11 is 5.97. The Hall–Kier alpha value is -2.08. The van der Waals surface area contributed by atoms with E-state index in [9.17, 15) is 14.4 Å². The van der Waals surface area contributed by atoms with Crippen LogP contribution in [0.1, 0.15) is 44.1 Å². The zero-order valence-electron chi connectivity index (χ0n) is 16.7. The average molecular weight is 418 g/mol. The van der Waals surface area contributed by atoms with Gasteiger partial charge in [-0.1, -0.05) is 23.7 Å². The summed E-state index contributed by atoms with van der Waals surface area (Å²) in [7, 11) is 0. The second-order valence-electron chi connectivity index (χ2n) is 8.57. The van der Waals surface area contributed by atoms with E-state index in [0.717, 1.165) is 44.2 Å². The molecular formula is C22H28ClN3O3. The molecule has 4 rings (SSSR count). The first-order valence-corrected chi connectivity index (χ1v) is 11.0. The van der Waals surface area contributed by atoms with Gasteiger partial charge in [0.2, 0.25) is 17.7 Å². The fourth-order valence-electron chi connectivity index (χ4n) is 4.54. The maximum Gasteiger partial charge on any atom is 0.242 e. The Morgan fingerprint density at radius 1 is 1.14 bits per heavy atom. The molecule has 3 fully saturated rings. The molecule has 3 amide bonds. The van der Waals surface area contributed by atoms with Crippen LogP contribution < -0.4 is 5.32 Å². The molecule has 0 spiro atoms. The molecule has 2 heterocycles. The second kappa shape index (κ2) is 8.34. The summed E-state index contributed by atoms with van der Waals surface area (Å²) in [4.78, 5) is 40.8. The Balaban J connectivity index is 1.28. The van der Waals surface area contributed by atoms with Crippen molar-refractivity contribution in [3.05, 3.63) is 34.9 Å². The van der Waals surface area contributed by atoms with Crippen molar-refractivity contribution in [2.75, 3.05) is 32.7 Å². The number of carbonyl (C=O) groups excluding carboxylic acids is 3. The van der Waals surface area contributed by atoms with Crippen molar-refractivity contribution >= 4 is 29.3 Å². The zero-order valence-corrected chi connectivity index (χ0v) is 17.4. The van der Waals surface area contributed by atoms with Gasteiger partial charge in [0.1, 0.15) is 0 Å². The fraction of sp³-hybridized carbons (Fsp3) is 0.591. The highest BCUT2D eigenvalue weighted by atomic mass is 35.5. The Morgan fingerprint density at radius 2 is 1.90 bits per heavy atom. The van der Waals surface area contributed by atoms with E-state index < -0.39 is 5.41 Å². The molecule has 0 radical (unpaired) electrons. The summed E-state index contributed by atoms with van der Waals surface area (Å²) in [6, 6.07) is 7.55. The summed E-state index contributed by atoms with van der Waals surface area (Å²) in [5.74, 6) is 0.435. The standard InChI is InChI=1S/C22H28ClN3O3/c23-18-7-5-17(6-8-18)22(9-10-22)21(29)24-13-16-3-1-11-25(14-16)20(28)15-26-12-2-4-19(26)27/h5-8,16H,1-4,9-15H2,(H,24,29)/t16-/m1/s1. The highest BCUT2D eigenvalue weighted by Gasteiger charge is 2.51. The van der Waals surface area contributed by atoms with Gasteiger partial charge < -0.3 is 15.1 Å². The zero-order chi connectivity index (χ0) is 20.4. The molecule has 6 nitrogen and oxygen atoms in total. The number of nitrogens with zero attached hydrogens (tertiary/aromatic N) is 2. The van der Waals surface area contributed by atoms with Crippen LogP contribution >= 0.6 is 11.6 Å². The third-order valence-electron chi connectivity index (χ3n) is 6.50. The molecule has 156 valence electrons.